The molecule has 3 N–H and O–H groups in total. The summed E-state index contributed by atoms with van der Waals surface area (Å²) in [7, 11) is 0. The lowest BCUT2D eigenvalue weighted by Crippen LogP contribution is -2.14. The molecule has 1 unspecified atom stereocenters. The van der Waals surface area contributed by atoms with E-state index < -0.39 is 5.91 Å². The number of carbonyl (C=O) groups excluding carboxylic acids is 1. The number of rotatable bonds is 6. The van der Waals surface area contributed by atoms with Gasteiger partial charge in [0.2, 0.25) is 0 Å². The van der Waals surface area contributed by atoms with E-state index in [2.05, 4.69) is 22.2 Å². The van der Waals surface area contributed by atoms with Gasteiger partial charge in [-0.2, -0.15) is 0 Å². The molecule has 0 aliphatic rings. The first-order chi connectivity index (χ1) is 12.1. The molecule has 0 saturated carbocycles. The first kappa shape index (κ1) is 17.2. The van der Waals surface area contributed by atoms with E-state index in [1.807, 2.05) is 30.3 Å². The number of nitrogens with two attached hydrogens (primary N) is 1. The van der Waals surface area contributed by atoms with Crippen LogP contribution in [0.1, 0.15) is 41.7 Å². The van der Waals surface area contributed by atoms with E-state index in [0.717, 1.165) is 23.8 Å². The van der Waals surface area contributed by atoms with Crippen molar-refractivity contribution in [2.45, 2.75) is 25.8 Å². The Balaban J connectivity index is 2.03. The number of hydrogen-bond donors (Lipinski definition) is 2. The number of benzene rings is 2. The molecule has 3 rings (SSSR count). The smallest absolute Gasteiger partial charge is 0.250 e. The SMILES string of the molecule is CCCC(Nc1ncnc2c(C(N)=O)cccc12)c1cccc(Cl)c1. The van der Waals surface area contributed by atoms with Gasteiger partial charge in [0.05, 0.1) is 17.1 Å². The monoisotopic (exact) mass is 354 g/mol. The van der Waals surface area contributed by atoms with Crippen molar-refractivity contribution in [2.75, 3.05) is 5.32 Å². The molecule has 0 bridgehead atoms. The second-order valence-corrected chi connectivity index (χ2v) is 6.27. The predicted molar refractivity (Wildman–Crippen MR) is 101 cm³/mol. The van der Waals surface area contributed by atoms with Gasteiger partial charge in [0.1, 0.15) is 12.1 Å². The van der Waals surface area contributed by atoms with Crippen LogP contribution in [0, 0.1) is 0 Å². The highest BCUT2D eigenvalue weighted by atomic mass is 35.5. The summed E-state index contributed by atoms with van der Waals surface area (Å²) >= 11 is 6.14. The highest BCUT2D eigenvalue weighted by molar-refractivity contribution is 6.30. The van der Waals surface area contributed by atoms with E-state index in [0.29, 0.717) is 21.9 Å². The quantitative estimate of drug-likeness (QED) is 0.690. The van der Waals surface area contributed by atoms with Crippen molar-refractivity contribution in [3.8, 4) is 0 Å². The minimum absolute atomic E-state index is 0.0547. The predicted octanol–water partition coefficient (Wildman–Crippen LogP) is 4.34. The number of hydrogen-bond acceptors (Lipinski definition) is 4. The number of aromatic nitrogens is 2. The number of amides is 1. The van der Waals surface area contributed by atoms with Crippen LogP contribution in [0.2, 0.25) is 5.02 Å². The maximum Gasteiger partial charge on any atom is 0.250 e. The summed E-state index contributed by atoms with van der Waals surface area (Å²) in [5.74, 6) is 0.168. The zero-order chi connectivity index (χ0) is 17.8. The van der Waals surface area contributed by atoms with Gasteiger partial charge < -0.3 is 11.1 Å². The number of halogens is 1. The molecule has 0 spiro atoms. The van der Waals surface area contributed by atoms with E-state index in [1.165, 1.54) is 6.33 Å². The van der Waals surface area contributed by atoms with Crippen molar-refractivity contribution in [3.63, 3.8) is 0 Å². The van der Waals surface area contributed by atoms with E-state index in [1.54, 1.807) is 12.1 Å². The van der Waals surface area contributed by atoms with Crippen LogP contribution in [0.4, 0.5) is 5.82 Å². The van der Waals surface area contributed by atoms with Crippen LogP contribution >= 0.6 is 11.6 Å². The molecule has 2 aromatic carbocycles. The fourth-order valence-electron chi connectivity index (χ4n) is 2.90. The summed E-state index contributed by atoms with van der Waals surface area (Å²) in [4.78, 5) is 20.2. The van der Waals surface area contributed by atoms with Crippen molar-refractivity contribution in [2.24, 2.45) is 5.73 Å². The number of nitrogens with zero attached hydrogens (tertiary/aromatic N) is 2. The number of primary amides is 1. The molecule has 0 aliphatic heterocycles. The third-order valence-corrected chi connectivity index (χ3v) is 4.30. The summed E-state index contributed by atoms with van der Waals surface area (Å²) in [6.07, 6.45) is 3.36. The molecule has 1 amide bonds. The second kappa shape index (κ2) is 7.49. The normalized spacial score (nSPS) is 12.1. The van der Waals surface area contributed by atoms with Crippen LogP contribution < -0.4 is 11.1 Å². The van der Waals surface area contributed by atoms with Crippen molar-refractivity contribution in [3.05, 3.63) is 64.9 Å². The average molecular weight is 355 g/mol. The Bertz CT molecular complexity index is 913. The third-order valence-electron chi connectivity index (χ3n) is 4.07. The van der Waals surface area contributed by atoms with Gasteiger partial charge in [0, 0.05) is 10.4 Å². The number of anilines is 1. The zero-order valence-corrected chi connectivity index (χ0v) is 14.6. The van der Waals surface area contributed by atoms with Gasteiger partial charge in [-0.25, -0.2) is 9.97 Å². The van der Waals surface area contributed by atoms with Gasteiger partial charge in [0.15, 0.2) is 0 Å². The molecule has 0 aliphatic carbocycles. The topological polar surface area (TPSA) is 80.9 Å². The highest BCUT2D eigenvalue weighted by Crippen LogP contribution is 2.29. The molecule has 1 atom stereocenters. The Morgan fingerprint density at radius 1 is 1.24 bits per heavy atom. The Labute approximate surface area is 151 Å². The Hall–Kier alpha value is -2.66. The lowest BCUT2D eigenvalue weighted by molar-refractivity contribution is 0.100. The van der Waals surface area contributed by atoms with Crippen molar-refractivity contribution < 1.29 is 4.79 Å². The zero-order valence-electron chi connectivity index (χ0n) is 13.9. The van der Waals surface area contributed by atoms with Crippen molar-refractivity contribution in [1.82, 2.24) is 9.97 Å². The molecule has 5 nitrogen and oxygen atoms in total. The van der Waals surface area contributed by atoms with Gasteiger partial charge in [-0.05, 0) is 36.2 Å². The molecule has 0 radical (unpaired) electrons. The third kappa shape index (κ3) is 3.72. The maximum atomic E-state index is 11.6. The van der Waals surface area contributed by atoms with Crippen LogP contribution in [0.5, 0.6) is 0 Å². The Kier molecular flexibility index (Phi) is 5.14. The molecule has 1 heterocycles. The van der Waals surface area contributed by atoms with Gasteiger partial charge >= 0.3 is 0 Å². The maximum absolute atomic E-state index is 11.6. The second-order valence-electron chi connectivity index (χ2n) is 5.83. The first-order valence-corrected chi connectivity index (χ1v) is 8.53. The highest BCUT2D eigenvalue weighted by Gasteiger charge is 2.15. The first-order valence-electron chi connectivity index (χ1n) is 8.15. The van der Waals surface area contributed by atoms with Crippen LogP contribution in [0.3, 0.4) is 0 Å². The number of fused-ring (bicyclic) bond motifs is 1. The van der Waals surface area contributed by atoms with Gasteiger partial charge in [0.25, 0.3) is 5.91 Å². The molecule has 1 aromatic heterocycles. The Morgan fingerprint density at radius 2 is 2.04 bits per heavy atom. The van der Waals surface area contributed by atoms with Gasteiger partial charge in [-0.15, -0.1) is 0 Å². The molecule has 0 fully saturated rings. The van der Waals surface area contributed by atoms with Crippen LogP contribution in [-0.4, -0.2) is 15.9 Å². The summed E-state index contributed by atoms with van der Waals surface area (Å²) < 4.78 is 0. The van der Waals surface area contributed by atoms with Crippen molar-refractivity contribution >= 4 is 34.2 Å². The fraction of sp³-hybridized carbons (Fsp3) is 0.211. The van der Waals surface area contributed by atoms with E-state index >= 15 is 0 Å². The standard InChI is InChI=1S/C19H19ClN4O/c1-2-5-16(12-6-3-7-13(20)10-12)24-19-15-9-4-8-14(18(21)25)17(15)22-11-23-19/h3-4,6-11,16H,2,5H2,1H3,(H2,21,25)(H,22,23,24). The van der Waals surface area contributed by atoms with Crippen molar-refractivity contribution in [1.29, 1.82) is 0 Å². The lowest BCUT2D eigenvalue weighted by atomic mass is 10.0. The lowest BCUT2D eigenvalue weighted by Gasteiger charge is -2.20. The number of nitrogens with one attached hydrogen (secondary N) is 1. The van der Waals surface area contributed by atoms with Crippen LogP contribution in [-0.2, 0) is 0 Å². The van der Waals surface area contributed by atoms with Gasteiger partial charge in [-0.3, -0.25) is 4.79 Å². The summed E-state index contributed by atoms with van der Waals surface area (Å²) in [6.45, 7) is 2.13. The molecular formula is C19H19ClN4O. The molecule has 3 aromatic rings. The molecule has 6 heteroatoms. The molecule has 25 heavy (non-hydrogen) atoms. The minimum Gasteiger partial charge on any atom is -0.366 e. The number of para-hydroxylation sites is 1. The summed E-state index contributed by atoms with van der Waals surface area (Å²) in [5.41, 5.74) is 7.48. The minimum atomic E-state index is -0.504. The largest absolute Gasteiger partial charge is 0.366 e. The van der Waals surface area contributed by atoms with E-state index in [9.17, 15) is 4.79 Å². The fourth-order valence-corrected chi connectivity index (χ4v) is 3.10. The summed E-state index contributed by atoms with van der Waals surface area (Å²) in [5, 5.41) is 4.93. The van der Waals surface area contributed by atoms with Crippen LogP contribution in [0.25, 0.3) is 10.9 Å². The Morgan fingerprint density at radius 3 is 2.76 bits per heavy atom. The van der Waals surface area contributed by atoms with E-state index in [-0.39, 0.29) is 6.04 Å². The molecule has 0 saturated heterocycles. The molecular weight excluding hydrogens is 336 g/mol. The molecule has 128 valence electrons. The van der Waals surface area contributed by atoms with Crippen LogP contribution in [0.15, 0.2) is 48.8 Å². The summed E-state index contributed by atoms with van der Waals surface area (Å²) in [6, 6.07) is 13.2. The van der Waals surface area contributed by atoms with E-state index in [4.69, 9.17) is 17.3 Å². The van der Waals surface area contributed by atoms with Gasteiger partial charge in [-0.1, -0.05) is 43.1 Å². The number of carbonyl (C=O) groups is 1. The average Bonchev–Trinajstić information content (AvgIpc) is 2.61.